The Bertz CT molecular complexity index is 840. The van der Waals surface area contributed by atoms with Crippen molar-refractivity contribution in [2.75, 3.05) is 37.7 Å². The van der Waals surface area contributed by atoms with Crippen LogP contribution in [-0.4, -0.2) is 61.2 Å². The molecule has 2 aliphatic heterocycles. The summed E-state index contributed by atoms with van der Waals surface area (Å²) in [7, 11) is -3.68. The number of hydrogen-bond donors (Lipinski definition) is 0. The number of fused-ring (bicyclic) bond motifs is 1. The average Bonchev–Trinajstić information content (AvgIpc) is 2.73. The van der Waals surface area contributed by atoms with Gasteiger partial charge in [-0.15, -0.1) is 0 Å². The van der Waals surface area contributed by atoms with Crippen LogP contribution in [0.2, 0.25) is 5.02 Å². The second-order valence-electron chi connectivity index (χ2n) is 8.01. The number of amides is 1. The van der Waals surface area contributed by atoms with Crippen LogP contribution in [0, 0.1) is 11.8 Å². The maximum atomic E-state index is 13.1. The van der Waals surface area contributed by atoms with E-state index in [4.69, 9.17) is 11.6 Å². The molecule has 0 bridgehead atoms. The summed E-state index contributed by atoms with van der Waals surface area (Å²) in [5.41, 5.74) is 0.420. The van der Waals surface area contributed by atoms with E-state index in [1.165, 1.54) is 36.1 Å². The summed E-state index contributed by atoms with van der Waals surface area (Å²) in [6.07, 6.45) is 6.09. The van der Waals surface area contributed by atoms with E-state index < -0.39 is 10.0 Å². The molecule has 0 N–H and O–H groups in total. The Morgan fingerprint density at radius 3 is 2.50 bits per heavy atom. The summed E-state index contributed by atoms with van der Waals surface area (Å²) in [6, 6.07) is 4.69. The summed E-state index contributed by atoms with van der Waals surface area (Å²) in [6.45, 7) is 2.51. The SMILES string of the molecule is O=C(c1ccc(Cl)c(S(=O)(=O)N2CCSCC2)c1)N1CCC2CCCCC2C1. The molecule has 28 heavy (non-hydrogen) atoms. The zero-order chi connectivity index (χ0) is 19.7. The first kappa shape index (κ1) is 20.5. The fraction of sp³-hybridized carbons (Fsp3) is 0.650. The van der Waals surface area contributed by atoms with Crippen molar-refractivity contribution in [1.29, 1.82) is 0 Å². The van der Waals surface area contributed by atoms with Gasteiger partial charge in [0.15, 0.2) is 0 Å². The number of carbonyl (C=O) groups excluding carboxylic acids is 1. The Kier molecular flexibility index (Phi) is 6.26. The van der Waals surface area contributed by atoms with Crippen molar-refractivity contribution >= 4 is 39.3 Å². The first-order valence-corrected chi connectivity index (χ1v) is 13.1. The van der Waals surface area contributed by atoms with Gasteiger partial charge in [0.05, 0.1) is 5.02 Å². The van der Waals surface area contributed by atoms with Crippen molar-refractivity contribution < 1.29 is 13.2 Å². The molecule has 1 aromatic rings. The van der Waals surface area contributed by atoms with Crippen LogP contribution in [0.1, 0.15) is 42.5 Å². The van der Waals surface area contributed by atoms with E-state index in [-0.39, 0.29) is 15.8 Å². The standard InChI is InChI=1S/C20H27ClN2O3S2/c21-18-6-5-16(13-19(18)28(25,26)23-9-11-27-12-10-23)20(24)22-8-7-15-3-1-2-4-17(15)14-22/h5-6,13,15,17H,1-4,7-12,14H2. The first-order chi connectivity index (χ1) is 13.5. The summed E-state index contributed by atoms with van der Waals surface area (Å²) < 4.78 is 27.6. The normalized spacial score (nSPS) is 26.7. The molecule has 3 aliphatic rings. The van der Waals surface area contributed by atoms with E-state index in [0.717, 1.165) is 36.9 Å². The lowest BCUT2D eigenvalue weighted by Gasteiger charge is -2.41. The van der Waals surface area contributed by atoms with Crippen molar-refractivity contribution in [3.8, 4) is 0 Å². The molecular weight excluding hydrogens is 416 g/mol. The minimum absolute atomic E-state index is 0.0551. The lowest BCUT2D eigenvalue weighted by molar-refractivity contribution is 0.0520. The van der Waals surface area contributed by atoms with Crippen LogP contribution in [0.4, 0.5) is 0 Å². The molecule has 0 aromatic heterocycles. The smallest absolute Gasteiger partial charge is 0.253 e. The van der Waals surface area contributed by atoms with Gasteiger partial charge in [0, 0.05) is 43.2 Å². The minimum atomic E-state index is -3.68. The van der Waals surface area contributed by atoms with Gasteiger partial charge in [-0.25, -0.2) is 8.42 Å². The number of carbonyl (C=O) groups is 1. The Labute approximate surface area is 176 Å². The zero-order valence-electron chi connectivity index (χ0n) is 16.0. The van der Waals surface area contributed by atoms with Crippen molar-refractivity contribution in [2.24, 2.45) is 11.8 Å². The quantitative estimate of drug-likeness (QED) is 0.715. The third-order valence-corrected chi connectivity index (χ3v) is 9.67. The molecule has 2 atom stereocenters. The van der Waals surface area contributed by atoms with Gasteiger partial charge in [-0.1, -0.05) is 30.9 Å². The number of thioether (sulfide) groups is 1. The third kappa shape index (κ3) is 4.09. The Balaban J connectivity index is 1.55. The molecule has 2 saturated heterocycles. The van der Waals surface area contributed by atoms with Gasteiger partial charge in [-0.05, 0) is 42.9 Å². The molecule has 5 nitrogen and oxygen atoms in total. The highest BCUT2D eigenvalue weighted by Crippen LogP contribution is 2.36. The maximum absolute atomic E-state index is 13.1. The molecule has 4 rings (SSSR count). The molecule has 8 heteroatoms. The number of halogens is 1. The van der Waals surface area contributed by atoms with Crippen LogP contribution in [0.5, 0.6) is 0 Å². The lowest BCUT2D eigenvalue weighted by atomic mass is 9.75. The van der Waals surface area contributed by atoms with Gasteiger partial charge < -0.3 is 4.90 Å². The molecule has 0 radical (unpaired) electrons. The van der Waals surface area contributed by atoms with Crippen molar-refractivity contribution in [3.05, 3.63) is 28.8 Å². The average molecular weight is 443 g/mol. The Hall–Kier alpha value is -0.760. The van der Waals surface area contributed by atoms with Crippen molar-refractivity contribution in [2.45, 2.75) is 37.0 Å². The van der Waals surface area contributed by atoms with Gasteiger partial charge in [-0.2, -0.15) is 16.1 Å². The van der Waals surface area contributed by atoms with Gasteiger partial charge in [0.1, 0.15) is 4.90 Å². The van der Waals surface area contributed by atoms with E-state index in [1.807, 2.05) is 4.90 Å². The van der Waals surface area contributed by atoms with Gasteiger partial charge in [-0.3, -0.25) is 4.79 Å². The number of sulfonamides is 1. The fourth-order valence-electron chi connectivity index (χ4n) is 4.73. The topological polar surface area (TPSA) is 57.7 Å². The van der Waals surface area contributed by atoms with Crippen LogP contribution < -0.4 is 0 Å². The second kappa shape index (κ2) is 8.54. The number of benzene rings is 1. The largest absolute Gasteiger partial charge is 0.338 e. The Morgan fingerprint density at radius 2 is 1.75 bits per heavy atom. The maximum Gasteiger partial charge on any atom is 0.253 e. The number of hydrogen-bond acceptors (Lipinski definition) is 4. The minimum Gasteiger partial charge on any atom is -0.338 e. The molecule has 1 amide bonds. The summed E-state index contributed by atoms with van der Waals surface area (Å²) >= 11 is 8.00. The summed E-state index contributed by atoms with van der Waals surface area (Å²) in [4.78, 5) is 15.1. The van der Waals surface area contributed by atoms with Crippen LogP contribution >= 0.6 is 23.4 Å². The second-order valence-corrected chi connectivity index (χ2v) is 11.5. The molecule has 3 fully saturated rings. The molecule has 2 unspecified atom stereocenters. The van der Waals surface area contributed by atoms with Crippen LogP contribution in [0.25, 0.3) is 0 Å². The molecule has 1 aliphatic carbocycles. The predicted octanol–water partition coefficient (Wildman–Crippen LogP) is 3.73. The highest BCUT2D eigenvalue weighted by atomic mass is 35.5. The van der Waals surface area contributed by atoms with Crippen molar-refractivity contribution in [1.82, 2.24) is 9.21 Å². The van der Waals surface area contributed by atoms with E-state index in [2.05, 4.69) is 0 Å². The van der Waals surface area contributed by atoms with Gasteiger partial charge >= 0.3 is 0 Å². The third-order valence-electron chi connectivity index (χ3n) is 6.34. The van der Waals surface area contributed by atoms with Crippen LogP contribution in [-0.2, 0) is 10.0 Å². The highest BCUT2D eigenvalue weighted by Gasteiger charge is 2.34. The molecule has 2 heterocycles. The van der Waals surface area contributed by atoms with E-state index >= 15 is 0 Å². The zero-order valence-corrected chi connectivity index (χ0v) is 18.4. The molecule has 1 saturated carbocycles. The number of nitrogens with zero attached hydrogens (tertiary/aromatic N) is 2. The highest BCUT2D eigenvalue weighted by molar-refractivity contribution is 7.99. The van der Waals surface area contributed by atoms with E-state index in [9.17, 15) is 13.2 Å². The predicted molar refractivity (Wildman–Crippen MR) is 114 cm³/mol. The first-order valence-electron chi connectivity index (χ1n) is 10.1. The molecular formula is C20H27ClN2O3S2. The molecule has 154 valence electrons. The van der Waals surface area contributed by atoms with Crippen LogP contribution in [0.3, 0.4) is 0 Å². The molecule has 1 aromatic carbocycles. The van der Waals surface area contributed by atoms with E-state index in [0.29, 0.717) is 24.6 Å². The van der Waals surface area contributed by atoms with Gasteiger partial charge in [0.25, 0.3) is 5.91 Å². The lowest BCUT2D eigenvalue weighted by Crippen LogP contribution is -2.44. The van der Waals surface area contributed by atoms with Crippen molar-refractivity contribution in [3.63, 3.8) is 0 Å². The Morgan fingerprint density at radius 1 is 1.04 bits per heavy atom. The monoisotopic (exact) mass is 442 g/mol. The fourth-order valence-corrected chi connectivity index (χ4v) is 7.80. The van der Waals surface area contributed by atoms with E-state index in [1.54, 1.807) is 23.9 Å². The van der Waals surface area contributed by atoms with Crippen LogP contribution in [0.15, 0.2) is 23.1 Å². The summed E-state index contributed by atoms with van der Waals surface area (Å²) in [5.74, 6) is 2.83. The number of rotatable bonds is 3. The number of likely N-dealkylation sites (tertiary alicyclic amines) is 1. The summed E-state index contributed by atoms with van der Waals surface area (Å²) in [5, 5.41) is 0.181. The van der Waals surface area contributed by atoms with Gasteiger partial charge in [0.2, 0.25) is 10.0 Å². The molecule has 0 spiro atoms. The number of piperidine rings is 1.